The molecule has 0 fully saturated rings. The van der Waals surface area contributed by atoms with Gasteiger partial charge in [0.2, 0.25) is 0 Å². The van der Waals surface area contributed by atoms with Gasteiger partial charge >= 0.3 is 0 Å². The first-order valence-electron chi connectivity index (χ1n) is 4.56. The van der Waals surface area contributed by atoms with E-state index in [1.54, 1.807) is 24.7 Å². The van der Waals surface area contributed by atoms with E-state index in [1.165, 1.54) is 6.07 Å². The third-order valence-corrected chi connectivity index (χ3v) is 2.12. The molecule has 0 aliphatic heterocycles. The molecule has 0 bridgehead atoms. The fourth-order valence-corrected chi connectivity index (χ4v) is 1.28. The Hall–Kier alpha value is -1.97. The van der Waals surface area contributed by atoms with E-state index in [-0.39, 0.29) is 5.69 Å². The van der Waals surface area contributed by atoms with Crippen LogP contribution in [0, 0.1) is 5.82 Å². The van der Waals surface area contributed by atoms with Gasteiger partial charge in [-0.25, -0.2) is 4.39 Å². The van der Waals surface area contributed by atoms with E-state index in [4.69, 9.17) is 10.2 Å². The normalized spacial score (nSPS) is 10.2. The molecule has 2 rings (SSSR count). The van der Waals surface area contributed by atoms with Crippen molar-refractivity contribution in [1.82, 2.24) is 0 Å². The Kier molecular flexibility index (Phi) is 2.58. The van der Waals surface area contributed by atoms with Crippen LogP contribution in [-0.4, -0.2) is 0 Å². The fourth-order valence-electron chi connectivity index (χ4n) is 1.28. The first-order chi connectivity index (χ1) is 7.27. The van der Waals surface area contributed by atoms with Gasteiger partial charge in [0.1, 0.15) is 5.82 Å². The molecular formula is C11H11FN2O. The van der Waals surface area contributed by atoms with Gasteiger partial charge in [0.05, 0.1) is 23.9 Å². The van der Waals surface area contributed by atoms with Crippen molar-refractivity contribution in [1.29, 1.82) is 0 Å². The standard InChI is InChI=1S/C11H11FN2O/c12-9-2-1-3-10(11(9)13)14-6-8-4-5-15-7-8/h1-5,7,14H,6,13H2. The van der Waals surface area contributed by atoms with E-state index >= 15 is 0 Å². The molecule has 4 heteroatoms. The van der Waals surface area contributed by atoms with Crippen LogP contribution in [-0.2, 0) is 6.54 Å². The zero-order valence-electron chi connectivity index (χ0n) is 8.03. The molecule has 0 radical (unpaired) electrons. The molecule has 15 heavy (non-hydrogen) atoms. The second-order valence-corrected chi connectivity index (χ2v) is 3.19. The van der Waals surface area contributed by atoms with E-state index in [1.807, 2.05) is 6.07 Å². The summed E-state index contributed by atoms with van der Waals surface area (Å²) in [6.45, 7) is 0.560. The summed E-state index contributed by atoms with van der Waals surface area (Å²) < 4.78 is 18.0. The molecule has 1 aromatic heterocycles. The van der Waals surface area contributed by atoms with Crippen molar-refractivity contribution >= 4 is 11.4 Å². The number of hydrogen-bond donors (Lipinski definition) is 2. The van der Waals surface area contributed by atoms with Crippen LogP contribution in [0.15, 0.2) is 41.2 Å². The Bertz CT molecular complexity index is 440. The second-order valence-electron chi connectivity index (χ2n) is 3.19. The molecule has 0 aliphatic carbocycles. The maximum atomic E-state index is 13.1. The van der Waals surface area contributed by atoms with Gasteiger partial charge in [0, 0.05) is 12.1 Å². The van der Waals surface area contributed by atoms with Gasteiger partial charge in [-0.05, 0) is 18.2 Å². The molecule has 0 amide bonds. The number of para-hydroxylation sites is 1. The van der Waals surface area contributed by atoms with Crippen LogP contribution in [0.5, 0.6) is 0 Å². The SMILES string of the molecule is Nc1c(F)cccc1NCc1ccoc1. The Morgan fingerprint density at radius 2 is 2.20 bits per heavy atom. The largest absolute Gasteiger partial charge is 0.472 e. The number of nitrogens with one attached hydrogen (secondary N) is 1. The van der Waals surface area contributed by atoms with Gasteiger partial charge in [-0.2, -0.15) is 0 Å². The zero-order chi connectivity index (χ0) is 10.7. The van der Waals surface area contributed by atoms with Crippen molar-refractivity contribution in [2.45, 2.75) is 6.54 Å². The second kappa shape index (κ2) is 4.04. The molecular weight excluding hydrogens is 195 g/mol. The van der Waals surface area contributed by atoms with Gasteiger partial charge in [0.15, 0.2) is 0 Å². The number of benzene rings is 1. The van der Waals surface area contributed by atoms with Gasteiger partial charge in [-0.3, -0.25) is 0 Å². The molecule has 78 valence electrons. The minimum absolute atomic E-state index is 0.140. The highest BCUT2D eigenvalue weighted by Gasteiger charge is 2.03. The van der Waals surface area contributed by atoms with Gasteiger partial charge < -0.3 is 15.5 Å². The molecule has 3 N–H and O–H groups in total. The molecule has 0 atom stereocenters. The summed E-state index contributed by atoms with van der Waals surface area (Å²) in [7, 11) is 0. The van der Waals surface area contributed by atoms with E-state index in [9.17, 15) is 4.39 Å². The Balaban J connectivity index is 2.08. The molecule has 0 spiro atoms. The zero-order valence-corrected chi connectivity index (χ0v) is 8.03. The lowest BCUT2D eigenvalue weighted by Crippen LogP contribution is -2.02. The van der Waals surface area contributed by atoms with Crippen LogP contribution in [0.3, 0.4) is 0 Å². The summed E-state index contributed by atoms with van der Waals surface area (Å²) >= 11 is 0. The topological polar surface area (TPSA) is 51.2 Å². The van der Waals surface area contributed by atoms with Crippen LogP contribution in [0.2, 0.25) is 0 Å². The van der Waals surface area contributed by atoms with E-state index < -0.39 is 5.82 Å². The molecule has 0 saturated carbocycles. The minimum Gasteiger partial charge on any atom is -0.472 e. The molecule has 0 unspecified atom stereocenters. The molecule has 1 heterocycles. The van der Waals surface area contributed by atoms with E-state index in [2.05, 4.69) is 5.32 Å². The highest BCUT2D eigenvalue weighted by molar-refractivity contribution is 5.66. The third-order valence-electron chi connectivity index (χ3n) is 2.12. The monoisotopic (exact) mass is 206 g/mol. The van der Waals surface area contributed by atoms with E-state index in [0.717, 1.165) is 5.56 Å². The van der Waals surface area contributed by atoms with Crippen LogP contribution in [0.4, 0.5) is 15.8 Å². The quantitative estimate of drug-likeness (QED) is 0.759. The van der Waals surface area contributed by atoms with Gasteiger partial charge in [0.25, 0.3) is 0 Å². The summed E-state index contributed by atoms with van der Waals surface area (Å²) in [5, 5.41) is 3.03. The van der Waals surface area contributed by atoms with Crippen molar-refractivity contribution in [3.63, 3.8) is 0 Å². The predicted octanol–water partition coefficient (Wildman–Crippen LogP) is 2.61. The van der Waals surface area contributed by atoms with Gasteiger partial charge in [-0.15, -0.1) is 0 Å². The Morgan fingerprint density at radius 3 is 2.93 bits per heavy atom. The number of hydrogen-bond acceptors (Lipinski definition) is 3. The molecule has 0 saturated heterocycles. The number of anilines is 2. The molecule has 3 nitrogen and oxygen atoms in total. The Labute approximate surface area is 86.7 Å². The van der Waals surface area contributed by atoms with Crippen molar-refractivity contribution in [3.05, 3.63) is 48.2 Å². The first-order valence-corrected chi connectivity index (χ1v) is 4.56. The summed E-state index contributed by atoms with van der Waals surface area (Å²) in [6, 6.07) is 6.52. The summed E-state index contributed by atoms with van der Waals surface area (Å²) in [6.07, 6.45) is 3.22. The summed E-state index contributed by atoms with van der Waals surface area (Å²) in [5.41, 5.74) is 7.28. The van der Waals surface area contributed by atoms with Crippen molar-refractivity contribution in [2.24, 2.45) is 0 Å². The average molecular weight is 206 g/mol. The fraction of sp³-hybridized carbons (Fsp3) is 0.0909. The van der Waals surface area contributed by atoms with Crippen LogP contribution in [0.1, 0.15) is 5.56 Å². The van der Waals surface area contributed by atoms with Crippen LogP contribution < -0.4 is 11.1 Å². The molecule has 1 aromatic carbocycles. The number of nitrogens with two attached hydrogens (primary N) is 1. The van der Waals surface area contributed by atoms with E-state index in [0.29, 0.717) is 12.2 Å². The highest BCUT2D eigenvalue weighted by Crippen LogP contribution is 2.21. The smallest absolute Gasteiger partial charge is 0.148 e. The van der Waals surface area contributed by atoms with Crippen molar-refractivity contribution in [3.8, 4) is 0 Å². The number of rotatable bonds is 3. The summed E-state index contributed by atoms with van der Waals surface area (Å²) in [5.74, 6) is -0.410. The number of furan rings is 1. The van der Waals surface area contributed by atoms with Crippen LogP contribution in [0.25, 0.3) is 0 Å². The lowest BCUT2D eigenvalue weighted by molar-refractivity contribution is 0.564. The highest BCUT2D eigenvalue weighted by atomic mass is 19.1. The number of halogens is 1. The molecule has 2 aromatic rings. The maximum absolute atomic E-state index is 13.1. The Morgan fingerprint density at radius 1 is 1.33 bits per heavy atom. The predicted molar refractivity (Wildman–Crippen MR) is 56.8 cm³/mol. The average Bonchev–Trinajstić information content (AvgIpc) is 2.73. The van der Waals surface area contributed by atoms with Gasteiger partial charge in [-0.1, -0.05) is 6.07 Å². The van der Waals surface area contributed by atoms with Crippen LogP contribution >= 0.6 is 0 Å². The lowest BCUT2D eigenvalue weighted by atomic mass is 10.2. The minimum atomic E-state index is -0.410. The molecule has 0 aliphatic rings. The first kappa shape index (κ1) is 9.58. The lowest BCUT2D eigenvalue weighted by Gasteiger charge is -2.08. The third kappa shape index (κ3) is 2.10. The summed E-state index contributed by atoms with van der Waals surface area (Å²) in [4.78, 5) is 0. The number of nitrogen functional groups attached to an aromatic ring is 1. The van der Waals surface area contributed by atoms with Crippen molar-refractivity contribution in [2.75, 3.05) is 11.1 Å². The van der Waals surface area contributed by atoms with Crippen molar-refractivity contribution < 1.29 is 8.81 Å². The maximum Gasteiger partial charge on any atom is 0.148 e.